The van der Waals surface area contributed by atoms with Crippen molar-refractivity contribution in [3.8, 4) is 0 Å². The normalized spacial score (nSPS) is 16.3. The molecule has 0 unspecified atom stereocenters. The molecule has 2 aromatic carbocycles. The highest BCUT2D eigenvalue weighted by Crippen LogP contribution is 2.53. The van der Waals surface area contributed by atoms with Crippen LogP contribution in [-0.4, -0.2) is 65.4 Å². The molecule has 228 valence electrons. The second-order valence-electron chi connectivity index (χ2n) is 8.94. The van der Waals surface area contributed by atoms with Crippen molar-refractivity contribution in [1.82, 2.24) is 0 Å². The van der Waals surface area contributed by atoms with E-state index in [2.05, 4.69) is 39.5 Å². The van der Waals surface area contributed by atoms with Crippen LogP contribution < -0.4 is 0 Å². The molecule has 0 N–H and O–H groups in total. The van der Waals surface area contributed by atoms with Crippen molar-refractivity contribution in [2.24, 2.45) is 0 Å². The van der Waals surface area contributed by atoms with Crippen LogP contribution in [0.1, 0.15) is 68.5 Å². The Morgan fingerprint density at radius 3 is 1.73 bits per heavy atom. The summed E-state index contributed by atoms with van der Waals surface area (Å²) in [4.78, 5) is 22.8. The van der Waals surface area contributed by atoms with Gasteiger partial charge in [-0.1, -0.05) is 46.9 Å². The number of hydrogen-bond donors (Lipinski definition) is 0. The van der Waals surface area contributed by atoms with Crippen LogP contribution in [0.4, 0.5) is 0 Å². The smallest absolute Gasteiger partial charge is 0.337 e. The summed E-state index contributed by atoms with van der Waals surface area (Å²) < 4.78 is 11.2. The van der Waals surface area contributed by atoms with Gasteiger partial charge >= 0.3 is 11.9 Å². The highest BCUT2D eigenvalue weighted by atomic mass is 127. The van der Waals surface area contributed by atoms with Crippen molar-refractivity contribution in [3.05, 3.63) is 70.8 Å². The molecular formula is C30H39Cl2IO4S4. The Kier molecular flexibility index (Phi) is 19.8. The molecular weight excluding hydrogens is 750 g/mol. The molecule has 0 atom stereocenters. The number of hydrogen-bond acceptors (Lipinski definition) is 8. The van der Waals surface area contributed by atoms with Gasteiger partial charge < -0.3 is 9.47 Å². The third-order valence-corrected chi connectivity index (χ3v) is 13.9. The first kappa shape index (κ1) is 37.3. The number of halogens is 3. The predicted octanol–water partition coefficient (Wildman–Crippen LogP) is 9.91. The van der Waals surface area contributed by atoms with Crippen molar-refractivity contribution in [2.45, 2.75) is 40.8 Å². The molecule has 0 spiro atoms. The van der Waals surface area contributed by atoms with Crippen molar-refractivity contribution in [3.63, 3.8) is 0 Å². The lowest BCUT2D eigenvalue weighted by molar-refractivity contribution is 0.0592. The molecule has 2 aliphatic heterocycles. The van der Waals surface area contributed by atoms with E-state index in [-0.39, 0.29) is 16.0 Å². The van der Waals surface area contributed by atoms with Gasteiger partial charge in [0.1, 0.15) is 0 Å². The third-order valence-electron chi connectivity index (χ3n) is 6.04. The summed E-state index contributed by atoms with van der Waals surface area (Å²) in [6.07, 6.45) is 5.79. The molecule has 0 saturated carbocycles. The highest BCUT2D eigenvalue weighted by Gasteiger charge is 2.35. The summed E-state index contributed by atoms with van der Waals surface area (Å²) >= 11 is 21.5. The van der Waals surface area contributed by atoms with Crippen LogP contribution in [0.5, 0.6) is 0 Å². The van der Waals surface area contributed by atoms with Crippen LogP contribution in [0.2, 0.25) is 0 Å². The molecule has 0 aromatic heterocycles. The Morgan fingerprint density at radius 1 is 0.805 bits per heavy atom. The predicted molar refractivity (Wildman–Crippen MR) is 193 cm³/mol. The molecule has 0 bridgehead atoms. The molecule has 0 amide bonds. The molecule has 11 heteroatoms. The molecule has 2 saturated heterocycles. The van der Waals surface area contributed by atoms with E-state index in [4.69, 9.17) is 27.9 Å². The average Bonchev–Trinajstić information content (AvgIpc) is 3.05. The summed E-state index contributed by atoms with van der Waals surface area (Å²) in [7, 11) is 2.81. The highest BCUT2D eigenvalue weighted by molar-refractivity contribution is 14.1. The minimum atomic E-state index is -0.282. The fourth-order valence-electron chi connectivity index (χ4n) is 3.93. The zero-order valence-corrected chi connectivity index (χ0v) is 30.5. The molecule has 2 fully saturated rings. The number of methoxy groups -OCH3 is 2. The van der Waals surface area contributed by atoms with Gasteiger partial charge in [-0.2, -0.15) is 0 Å². The Morgan fingerprint density at radius 2 is 1.29 bits per heavy atom. The van der Waals surface area contributed by atoms with Crippen molar-refractivity contribution >= 4 is 105 Å². The molecule has 2 aromatic rings. The first-order valence-corrected chi connectivity index (χ1v) is 20.2. The van der Waals surface area contributed by atoms with E-state index in [1.54, 1.807) is 0 Å². The van der Waals surface area contributed by atoms with E-state index >= 15 is 0 Å². The maximum atomic E-state index is 11.5. The number of benzene rings is 2. The van der Waals surface area contributed by atoms with Gasteiger partial charge in [0.15, 0.2) is 0 Å². The largest absolute Gasteiger partial charge is 0.465 e. The SMILES string of the molecule is COC(=O)c1ccc(C2(CCCCl)SCCCS2)cc1.COC(=O)c1ccc(C2SCCCS2)cc1.ClCCCI. The Bertz CT molecular complexity index is 1010. The van der Waals surface area contributed by atoms with Gasteiger partial charge in [-0.15, -0.1) is 70.2 Å². The maximum absolute atomic E-state index is 11.5. The first-order valence-electron chi connectivity index (χ1n) is 13.5. The second-order valence-corrected chi connectivity index (χ2v) is 16.5. The number of esters is 2. The van der Waals surface area contributed by atoms with E-state index in [9.17, 15) is 9.59 Å². The van der Waals surface area contributed by atoms with Crippen molar-refractivity contribution < 1.29 is 19.1 Å². The zero-order valence-electron chi connectivity index (χ0n) is 23.6. The number of carbonyl (C=O) groups excluding carboxylic acids is 2. The van der Waals surface area contributed by atoms with Gasteiger partial charge in [0, 0.05) is 16.2 Å². The molecule has 4 rings (SSSR count). The van der Waals surface area contributed by atoms with Crippen LogP contribution in [0, 0.1) is 0 Å². The zero-order chi connectivity index (χ0) is 29.9. The van der Waals surface area contributed by atoms with E-state index < -0.39 is 0 Å². The van der Waals surface area contributed by atoms with Crippen LogP contribution in [-0.2, 0) is 13.6 Å². The Hall–Kier alpha value is 0.0900. The maximum Gasteiger partial charge on any atom is 0.337 e. The van der Waals surface area contributed by atoms with E-state index in [0.29, 0.717) is 21.6 Å². The molecule has 0 aliphatic carbocycles. The fourth-order valence-corrected chi connectivity index (χ4v) is 11.4. The first-order chi connectivity index (χ1) is 19.9. The van der Waals surface area contributed by atoms with Crippen molar-refractivity contribution in [2.75, 3.05) is 53.4 Å². The minimum absolute atomic E-state index is 0.0990. The summed E-state index contributed by atoms with van der Waals surface area (Å²) in [6, 6.07) is 15.6. The summed E-state index contributed by atoms with van der Waals surface area (Å²) in [5.41, 5.74) is 3.80. The minimum Gasteiger partial charge on any atom is -0.465 e. The number of rotatable bonds is 9. The standard InChI is InChI=1S/C15H19ClO2S2.C12H14O2S2.C3H6ClI/c1-18-14(17)12-4-6-13(7-5-12)15(8-2-9-16)19-10-3-11-20-15;1-14-11(13)9-3-5-10(6-4-9)12-15-7-2-8-16-12;4-2-1-3-5/h4-7H,2-3,8-11H2,1H3;3-6,12H,2,7-8H2,1H3;1-3H2. The number of alkyl halides is 3. The quantitative estimate of drug-likeness (QED) is 0.142. The third kappa shape index (κ3) is 12.9. The average molecular weight is 790 g/mol. The van der Waals surface area contributed by atoms with Gasteiger partial charge in [-0.3, -0.25) is 0 Å². The lowest BCUT2D eigenvalue weighted by atomic mass is 10.1. The van der Waals surface area contributed by atoms with Crippen LogP contribution in [0.25, 0.3) is 0 Å². The fraction of sp³-hybridized carbons (Fsp3) is 0.533. The van der Waals surface area contributed by atoms with Gasteiger partial charge in [0.25, 0.3) is 0 Å². The van der Waals surface area contributed by atoms with Crippen molar-refractivity contribution in [1.29, 1.82) is 0 Å². The lowest BCUT2D eigenvalue weighted by Gasteiger charge is -2.36. The summed E-state index contributed by atoms with van der Waals surface area (Å²) in [6.45, 7) is 0. The molecule has 2 aliphatic rings. The Balaban J connectivity index is 0.000000251. The number of ether oxygens (including phenoxy) is 2. The van der Waals surface area contributed by atoms with Gasteiger partial charge in [0.2, 0.25) is 0 Å². The second kappa shape index (κ2) is 21.7. The van der Waals surface area contributed by atoms with E-state index in [1.807, 2.05) is 83.4 Å². The number of carbonyl (C=O) groups is 2. The van der Waals surface area contributed by atoms with E-state index in [1.165, 1.54) is 65.6 Å². The molecule has 41 heavy (non-hydrogen) atoms. The van der Waals surface area contributed by atoms with Gasteiger partial charge in [0.05, 0.1) is 34.0 Å². The molecule has 0 radical (unpaired) electrons. The topological polar surface area (TPSA) is 52.6 Å². The van der Waals surface area contributed by atoms with Gasteiger partial charge in [-0.05, 0) is 90.5 Å². The summed E-state index contributed by atoms with van der Waals surface area (Å²) in [5, 5.41) is 0. The molecule has 2 heterocycles. The van der Waals surface area contributed by atoms with Crippen LogP contribution >= 0.6 is 92.8 Å². The molecule has 4 nitrogen and oxygen atoms in total. The van der Waals surface area contributed by atoms with Crippen LogP contribution in [0.15, 0.2) is 48.5 Å². The van der Waals surface area contributed by atoms with Crippen LogP contribution in [0.3, 0.4) is 0 Å². The monoisotopic (exact) mass is 788 g/mol. The van der Waals surface area contributed by atoms with Gasteiger partial charge in [-0.25, -0.2) is 9.59 Å². The lowest BCUT2D eigenvalue weighted by Crippen LogP contribution is -2.23. The van der Waals surface area contributed by atoms with E-state index in [0.717, 1.165) is 25.1 Å². The summed E-state index contributed by atoms with van der Waals surface area (Å²) in [5.74, 6) is 5.80. The number of thioether (sulfide) groups is 4. The Labute approximate surface area is 286 Å².